The van der Waals surface area contributed by atoms with Gasteiger partial charge in [0.25, 0.3) is 11.5 Å². The van der Waals surface area contributed by atoms with Gasteiger partial charge in [-0.2, -0.15) is 0 Å². The van der Waals surface area contributed by atoms with Crippen LogP contribution in [0.5, 0.6) is 0 Å². The fourth-order valence-corrected chi connectivity index (χ4v) is 6.25. The lowest BCUT2D eigenvalue weighted by Crippen LogP contribution is -2.45. The van der Waals surface area contributed by atoms with Gasteiger partial charge in [0, 0.05) is 31.0 Å². The van der Waals surface area contributed by atoms with Gasteiger partial charge >= 0.3 is 5.69 Å². The molecule has 1 saturated carbocycles. The lowest BCUT2D eigenvalue weighted by Gasteiger charge is -2.30. The molecule has 6 aromatic rings. The highest BCUT2D eigenvalue weighted by Crippen LogP contribution is 2.28. The van der Waals surface area contributed by atoms with Crippen LogP contribution in [0.3, 0.4) is 0 Å². The Morgan fingerprint density at radius 1 is 0.915 bits per heavy atom. The van der Waals surface area contributed by atoms with Gasteiger partial charge in [0.15, 0.2) is 5.65 Å². The molecule has 0 aliphatic heterocycles. The van der Waals surface area contributed by atoms with Gasteiger partial charge in [0.05, 0.1) is 17.3 Å². The predicted molar refractivity (Wildman–Crippen MR) is 176 cm³/mol. The molecule has 0 bridgehead atoms. The van der Waals surface area contributed by atoms with E-state index in [1.807, 2.05) is 42.5 Å². The largest absolute Gasteiger partial charge is 0.348 e. The van der Waals surface area contributed by atoms with Gasteiger partial charge in [-0.15, -0.1) is 12.4 Å². The number of amides is 1. The summed E-state index contributed by atoms with van der Waals surface area (Å²) in [6.07, 6.45) is 5.55. The summed E-state index contributed by atoms with van der Waals surface area (Å²) in [5.74, 6) is -1.52. The maximum Gasteiger partial charge on any atom is 0.337 e. The van der Waals surface area contributed by atoms with Crippen LogP contribution in [0.1, 0.15) is 47.8 Å². The first-order chi connectivity index (χ1) is 22.3. The van der Waals surface area contributed by atoms with E-state index in [0.717, 1.165) is 29.0 Å². The molecule has 3 N–H and O–H groups in total. The molecule has 0 saturated heterocycles. The number of hydrogen-bond acceptors (Lipinski definition) is 6. The van der Waals surface area contributed by atoms with Crippen LogP contribution in [0, 0.1) is 11.6 Å². The molecule has 7 rings (SSSR count). The molecule has 4 heterocycles. The molecule has 1 fully saturated rings. The Balaban J connectivity index is 0.00000386. The summed E-state index contributed by atoms with van der Waals surface area (Å²) in [5.41, 5.74) is 8.50. The normalized spacial score (nSPS) is 16.2. The van der Waals surface area contributed by atoms with E-state index in [0.29, 0.717) is 43.6 Å². The number of nitrogens with zero attached hydrogens (tertiary/aromatic N) is 5. The highest BCUT2D eigenvalue weighted by Gasteiger charge is 2.28. The van der Waals surface area contributed by atoms with Crippen LogP contribution >= 0.6 is 12.4 Å². The molecule has 0 spiro atoms. The lowest BCUT2D eigenvalue weighted by molar-refractivity contribution is 0.0917. The Labute approximate surface area is 272 Å². The Morgan fingerprint density at radius 3 is 2.43 bits per heavy atom. The van der Waals surface area contributed by atoms with E-state index in [1.165, 1.54) is 38.1 Å². The molecular weight excluding hydrogens is 628 g/mol. The quantitative estimate of drug-likeness (QED) is 0.261. The number of aromatic nitrogens is 5. The average Bonchev–Trinajstić information content (AvgIpc) is 3.50. The summed E-state index contributed by atoms with van der Waals surface area (Å²) in [6.45, 7) is 0.381. The number of nitrogens with two attached hydrogens (primary N) is 1. The van der Waals surface area contributed by atoms with Gasteiger partial charge < -0.3 is 15.5 Å². The van der Waals surface area contributed by atoms with E-state index in [9.17, 15) is 23.2 Å². The van der Waals surface area contributed by atoms with Crippen LogP contribution in [0.15, 0.2) is 94.9 Å². The number of halogens is 3. The number of rotatable bonds is 6. The number of imidazole rings is 1. The standard InChI is InChI=1S/C34H29F2N7O3.ClH/c35-23-7-12-30-40-29(19-41(30)18-23)32(44)39-25-8-10-26(11-9-25)43-33(45)28-15-24(36)17-38-31(28)42(34(43)46)27-6-2-5-22(14-27)21-4-1-3-20(13-21)16-37;/h1-7,12-15,17-19,25-26H,8-11,16,37H2,(H,39,44);1H. The smallest absolute Gasteiger partial charge is 0.337 e. The van der Waals surface area contributed by atoms with E-state index in [4.69, 9.17) is 5.73 Å². The summed E-state index contributed by atoms with van der Waals surface area (Å²) in [5, 5.41) is 2.96. The minimum Gasteiger partial charge on any atom is -0.348 e. The minimum absolute atomic E-state index is 0. The van der Waals surface area contributed by atoms with Crippen molar-refractivity contribution in [3.05, 3.63) is 129 Å². The first-order valence-corrected chi connectivity index (χ1v) is 15.0. The van der Waals surface area contributed by atoms with E-state index < -0.39 is 34.8 Å². The Morgan fingerprint density at radius 2 is 1.66 bits per heavy atom. The summed E-state index contributed by atoms with van der Waals surface area (Å²) in [4.78, 5) is 49.3. The molecule has 4 aromatic heterocycles. The number of hydrogen-bond donors (Lipinski definition) is 2. The first-order valence-electron chi connectivity index (χ1n) is 15.0. The first kappa shape index (κ1) is 31.8. The molecule has 0 radical (unpaired) electrons. The highest BCUT2D eigenvalue weighted by atomic mass is 35.5. The number of benzene rings is 2. The third-order valence-electron chi connectivity index (χ3n) is 8.54. The second-order valence-corrected chi connectivity index (χ2v) is 11.5. The maximum absolute atomic E-state index is 14.4. The van der Waals surface area contributed by atoms with Crippen molar-refractivity contribution in [3.8, 4) is 16.8 Å². The molecule has 240 valence electrons. The van der Waals surface area contributed by atoms with Gasteiger partial charge in [-0.25, -0.2) is 28.1 Å². The number of pyridine rings is 2. The van der Waals surface area contributed by atoms with E-state index in [2.05, 4.69) is 15.3 Å². The molecule has 10 nitrogen and oxygen atoms in total. The summed E-state index contributed by atoms with van der Waals surface area (Å²) < 4.78 is 32.0. The number of carbonyl (C=O) groups is 1. The summed E-state index contributed by atoms with van der Waals surface area (Å²) >= 11 is 0. The van der Waals surface area contributed by atoms with Crippen molar-refractivity contribution in [1.29, 1.82) is 0 Å². The molecular formula is C34H30ClF2N7O3. The van der Waals surface area contributed by atoms with Crippen molar-refractivity contribution >= 4 is 35.0 Å². The fraction of sp³-hybridized carbons (Fsp3) is 0.206. The third-order valence-corrected chi connectivity index (χ3v) is 8.54. The zero-order valence-electron chi connectivity index (χ0n) is 25.0. The van der Waals surface area contributed by atoms with Crippen molar-refractivity contribution in [1.82, 2.24) is 28.8 Å². The third kappa shape index (κ3) is 6.05. The van der Waals surface area contributed by atoms with Crippen molar-refractivity contribution in [2.24, 2.45) is 5.73 Å². The van der Waals surface area contributed by atoms with Crippen LogP contribution in [0.2, 0.25) is 0 Å². The van der Waals surface area contributed by atoms with Gasteiger partial charge in [0.1, 0.15) is 23.0 Å². The second-order valence-electron chi connectivity index (χ2n) is 11.5. The zero-order valence-corrected chi connectivity index (χ0v) is 25.8. The molecule has 1 amide bonds. The number of nitrogens with one attached hydrogen (secondary N) is 1. The summed E-state index contributed by atoms with van der Waals surface area (Å²) in [7, 11) is 0. The van der Waals surface area contributed by atoms with Crippen molar-refractivity contribution in [2.45, 2.75) is 44.3 Å². The average molecular weight is 658 g/mol. The van der Waals surface area contributed by atoms with Crippen LogP contribution < -0.4 is 22.3 Å². The predicted octanol–water partition coefficient (Wildman–Crippen LogP) is 4.93. The van der Waals surface area contributed by atoms with Crippen LogP contribution in [0.25, 0.3) is 33.5 Å². The molecule has 13 heteroatoms. The van der Waals surface area contributed by atoms with E-state index in [-0.39, 0.29) is 35.2 Å². The van der Waals surface area contributed by atoms with Gasteiger partial charge in [-0.1, -0.05) is 30.3 Å². The van der Waals surface area contributed by atoms with Crippen LogP contribution in [-0.4, -0.2) is 35.5 Å². The molecule has 2 aromatic carbocycles. The van der Waals surface area contributed by atoms with E-state index >= 15 is 0 Å². The highest BCUT2D eigenvalue weighted by molar-refractivity contribution is 5.93. The number of fused-ring (bicyclic) bond motifs is 2. The van der Waals surface area contributed by atoms with Gasteiger partial charge in [0.2, 0.25) is 0 Å². The SMILES string of the molecule is Cl.NCc1cccc(-c2cccc(-n3c(=O)n(C4CCC(NC(=O)c5cn6cc(F)ccc6n5)CC4)c(=O)c4cc(F)cnc43)c2)c1. The van der Waals surface area contributed by atoms with Crippen molar-refractivity contribution < 1.29 is 13.6 Å². The van der Waals surface area contributed by atoms with Crippen LogP contribution in [0.4, 0.5) is 8.78 Å². The molecule has 1 aliphatic rings. The Kier molecular flexibility index (Phi) is 8.71. The fourth-order valence-electron chi connectivity index (χ4n) is 6.25. The second kappa shape index (κ2) is 12.9. The van der Waals surface area contributed by atoms with Gasteiger partial charge in [-0.3, -0.25) is 14.2 Å². The Hall–Kier alpha value is -5.20. The number of carbonyl (C=O) groups excluding carboxylic acids is 1. The van der Waals surface area contributed by atoms with E-state index in [1.54, 1.807) is 6.07 Å². The van der Waals surface area contributed by atoms with Crippen molar-refractivity contribution in [2.75, 3.05) is 0 Å². The Bertz CT molecular complexity index is 2260. The zero-order chi connectivity index (χ0) is 31.9. The molecule has 0 atom stereocenters. The lowest BCUT2D eigenvalue weighted by atomic mass is 9.90. The molecule has 47 heavy (non-hydrogen) atoms. The van der Waals surface area contributed by atoms with Gasteiger partial charge in [-0.05, 0) is 78.8 Å². The topological polar surface area (TPSA) is 129 Å². The minimum atomic E-state index is -0.685. The van der Waals surface area contributed by atoms with Crippen LogP contribution in [-0.2, 0) is 6.54 Å². The monoisotopic (exact) mass is 657 g/mol. The van der Waals surface area contributed by atoms with Crippen molar-refractivity contribution in [3.63, 3.8) is 0 Å². The molecule has 0 unspecified atom stereocenters. The maximum atomic E-state index is 14.4. The summed E-state index contributed by atoms with van der Waals surface area (Å²) in [6, 6.07) is 18.2. The molecule has 1 aliphatic carbocycles.